The van der Waals surface area contributed by atoms with Crippen molar-refractivity contribution in [1.29, 1.82) is 0 Å². The number of rotatable bonds is 4. The highest BCUT2D eigenvalue weighted by Gasteiger charge is 2.32. The van der Waals surface area contributed by atoms with Crippen LogP contribution in [0.3, 0.4) is 0 Å². The molecule has 1 atom stereocenters. The Bertz CT molecular complexity index is 1130. The van der Waals surface area contributed by atoms with Gasteiger partial charge in [-0.25, -0.2) is 13.2 Å². The number of ether oxygens (including phenoxy) is 1. The maximum Gasteiger partial charge on any atom is 0.339 e. The molecular weight excluding hydrogens is 394 g/mol. The number of nitrogens with zero attached hydrogens (tertiary/aromatic N) is 1. The molecule has 0 radical (unpaired) electrons. The molecule has 1 amide bonds. The Morgan fingerprint density at radius 3 is 2.66 bits per heavy atom. The molecule has 2 aromatic rings. The van der Waals surface area contributed by atoms with Crippen molar-refractivity contribution in [2.75, 3.05) is 25.2 Å². The molecule has 1 aliphatic carbocycles. The summed E-state index contributed by atoms with van der Waals surface area (Å²) in [5.74, 6) is 0.319. The van der Waals surface area contributed by atoms with Crippen LogP contribution in [0, 0.1) is 6.92 Å². The van der Waals surface area contributed by atoms with Crippen molar-refractivity contribution in [3.63, 3.8) is 0 Å². The Morgan fingerprint density at radius 2 is 1.97 bits per heavy atom. The Morgan fingerprint density at radius 1 is 1.24 bits per heavy atom. The van der Waals surface area contributed by atoms with E-state index >= 15 is 0 Å². The lowest BCUT2D eigenvalue weighted by Gasteiger charge is -2.23. The second kappa shape index (κ2) is 7.48. The van der Waals surface area contributed by atoms with Gasteiger partial charge in [-0.3, -0.25) is 4.79 Å². The van der Waals surface area contributed by atoms with Crippen molar-refractivity contribution in [3.8, 4) is 5.75 Å². The van der Waals surface area contributed by atoms with E-state index in [2.05, 4.69) is 0 Å². The first kappa shape index (κ1) is 19.9. The van der Waals surface area contributed by atoms with Crippen molar-refractivity contribution in [3.05, 3.63) is 39.2 Å². The molecular formula is C21H25NO6S. The van der Waals surface area contributed by atoms with Gasteiger partial charge >= 0.3 is 5.63 Å². The molecule has 4 rings (SSSR count). The number of aryl methyl sites for hydroxylation is 2. The quantitative estimate of drug-likeness (QED) is 0.704. The molecule has 0 N–H and O–H groups in total. The standard InChI is InChI=1S/C21H25NO6S/c1-13-18(27-11-19(23)22(2)14-9-10-29(25,26)12-14)8-7-16-15-5-3-4-6-17(15)21(24)28-20(13)16/h7-8,14H,3-6,9-12H2,1-2H3/t14-/m0/s1. The highest BCUT2D eigenvalue weighted by Crippen LogP contribution is 2.32. The van der Waals surface area contributed by atoms with Crippen LogP contribution in [0.25, 0.3) is 11.0 Å². The van der Waals surface area contributed by atoms with Gasteiger partial charge in [0.1, 0.15) is 11.3 Å². The van der Waals surface area contributed by atoms with Crippen LogP contribution >= 0.6 is 0 Å². The number of amides is 1. The Hall–Kier alpha value is -2.35. The van der Waals surface area contributed by atoms with E-state index in [0.717, 1.165) is 42.2 Å². The number of hydrogen-bond acceptors (Lipinski definition) is 6. The average molecular weight is 419 g/mol. The van der Waals surface area contributed by atoms with Crippen LogP contribution in [0.2, 0.25) is 0 Å². The summed E-state index contributed by atoms with van der Waals surface area (Å²) in [7, 11) is -1.45. The molecule has 0 spiro atoms. The minimum Gasteiger partial charge on any atom is -0.483 e. The number of likely N-dealkylation sites (N-methyl/N-ethyl adjacent to an activating group) is 1. The molecule has 1 aromatic heterocycles. The van der Waals surface area contributed by atoms with Crippen LogP contribution < -0.4 is 10.4 Å². The van der Waals surface area contributed by atoms with Gasteiger partial charge in [0.2, 0.25) is 0 Å². The minimum atomic E-state index is -3.06. The van der Waals surface area contributed by atoms with E-state index in [1.807, 2.05) is 13.0 Å². The van der Waals surface area contributed by atoms with Crippen LogP contribution in [0.1, 0.15) is 36.0 Å². The van der Waals surface area contributed by atoms with Gasteiger partial charge in [0.15, 0.2) is 16.4 Å². The molecule has 0 unspecified atom stereocenters. The van der Waals surface area contributed by atoms with Crippen molar-refractivity contribution < 1.29 is 22.4 Å². The van der Waals surface area contributed by atoms with Crippen molar-refractivity contribution >= 4 is 26.7 Å². The van der Waals surface area contributed by atoms with E-state index in [1.165, 1.54) is 4.90 Å². The van der Waals surface area contributed by atoms with Gasteiger partial charge < -0.3 is 14.1 Å². The number of fused-ring (bicyclic) bond motifs is 3. The van der Waals surface area contributed by atoms with E-state index in [-0.39, 0.29) is 35.7 Å². The average Bonchev–Trinajstić information content (AvgIpc) is 3.07. The fraction of sp³-hybridized carbons (Fsp3) is 0.524. The lowest BCUT2D eigenvalue weighted by Crippen LogP contribution is -2.40. The second-order valence-electron chi connectivity index (χ2n) is 7.97. The van der Waals surface area contributed by atoms with Gasteiger partial charge in [0.05, 0.1) is 11.5 Å². The molecule has 1 aliphatic heterocycles. The van der Waals surface area contributed by atoms with E-state index < -0.39 is 9.84 Å². The lowest BCUT2D eigenvalue weighted by atomic mass is 9.90. The Kier molecular flexibility index (Phi) is 5.14. The zero-order valence-electron chi connectivity index (χ0n) is 16.7. The highest BCUT2D eigenvalue weighted by molar-refractivity contribution is 7.91. The zero-order valence-corrected chi connectivity index (χ0v) is 17.5. The molecule has 2 aliphatic rings. The smallest absolute Gasteiger partial charge is 0.339 e. The summed E-state index contributed by atoms with van der Waals surface area (Å²) < 4.78 is 34.6. The van der Waals surface area contributed by atoms with Crippen molar-refractivity contribution in [2.45, 2.75) is 45.1 Å². The van der Waals surface area contributed by atoms with Gasteiger partial charge in [0.25, 0.3) is 5.91 Å². The van der Waals surface area contributed by atoms with Crippen LogP contribution in [0.5, 0.6) is 5.75 Å². The topological polar surface area (TPSA) is 93.9 Å². The van der Waals surface area contributed by atoms with Gasteiger partial charge in [-0.2, -0.15) is 0 Å². The molecule has 7 nitrogen and oxygen atoms in total. The van der Waals surface area contributed by atoms with Gasteiger partial charge in [-0.15, -0.1) is 0 Å². The Balaban J connectivity index is 1.53. The molecule has 29 heavy (non-hydrogen) atoms. The van der Waals surface area contributed by atoms with Gasteiger partial charge in [0, 0.05) is 29.6 Å². The first-order valence-corrected chi connectivity index (χ1v) is 11.8. The first-order chi connectivity index (χ1) is 13.8. The summed E-state index contributed by atoms with van der Waals surface area (Å²) in [6.07, 6.45) is 4.13. The lowest BCUT2D eigenvalue weighted by molar-refractivity contribution is -0.133. The molecule has 156 valence electrons. The van der Waals surface area contributed by atoms with E-state index in [4.69, 9.17) is 9.15 Å². The van der Waals surface area contributed by atoms with E-state index in [1.54, 1.807) is 13.1 Å². The summed E-state index contributed by atoms with van der Waals surface area (Å²) in [6.45, 7) is 1.61. The largest absolute Gasteiger partial charge is 0.483 e. The fourth-order valence-electron chi connectivity index (χ4n) is 4.31. The van der Waals surface area contributed by atoms with Gasteiger partial charge in [-0.1, -0.05) is 0 Å². The summed E-state index contributed by atoms with van der Waals surface area (Å²) >= 11 is 0. The molecule has 8 heteroatoms. The summed E-state index contributed by atoms with van der Waals surface area (Å²) in [6, 6.07) is 3.39. The van der Waals surface area contributed by atoms with Crippen LogP contribution in [-0.4, -0.2) is 50.4 Å². The number of carbonyl (C=O) groups is 1. The summed E-state index contributed by atoms with van der Waals surface area (Å²) in [5, 5.41) is 0.934. The predicted molar refractivity (Wildman–Crippen MR) is 109 cm³/mol. The first-order valence-electron chi connectivity index (χ1n) is 9.94. The Labute approximate surface area is 169 Å². The third-order valence-electron chi connectivity index (χ3n) is 6.09. The number of benzene rings is 1. The highest BCUT2D eigenvalue weighted by atomic mass is 32.2. The molecule has 1 fully saturated rings. The monoisotopic (exact) mass is 419 g/mol. The van der Waals surface area contributed by atoms with Crippen LogP contribution in [0.15, 0.2) is 21.3 Å². The van der Waals surface area contributed by atoms with Crippen LogP contribution in [0.4, 0.5) is 0 Å². The third kappa shape index (κ3) is 3.77. The molecule has 2 heterocycles. The van der Waals surface area contributed by atoms with Crippen molar-refractivity contribution in [1.82, 2.24) is 4.90 Å². The van der Waals surface area contributed by atoms with Gasteiger partial charge in [-0.05, 0) is 56.7 Å². The molecule has 0 saturated carbocycles. The second-order valence-corrected chi connectivity index (χ2v) is 10.2. The molecule has 0 bridgehead atoms. The van der Waals surface area contributed by atoms with E-state index in [9.17, 15) is 18.0 Å². The zero-order chi connectivity index (χ0) is 20.8. The fourth-order valence-corrected chi connectivity index (χ4v) is 6.08. The maximum absolute atomic E-state index is 12.5. The third-order valence-corrected chi connectivity index (χ3v) is 7.84. The normalized spacial score (nSPS) is 20.4. The number of hydrogen-bond donors (Lipinski definition) is 0. The van der Waals surface area contributed by atoms with Crippen LogP contribution in [-0.2, 0) is 27.5 Å². The summed E-state index contributed by atoms with van der Waals surface area (Å²) in [4.78, 5) is 26.3. The van der Waals surface area contributed by atoms with Crippen molar-refractivity contribution in [2.24, 2.45) is 0 Å². The SMILES string of the molecule is Cc1c(OCC(=O)N(C)[C@H]2CCS(=O)(=O)C2)ccc2c3c(c(=O)oc12)CCCC3. The minimum absolute atomic E-state index is 0.000505. The number of sulfone groups is 1. The summed E-state index contributed by atoms with van der Waals surface area (Å²) in [5.41, 5.74) is 2.75. The predicted octanol–water partition coefficient (Wildman–Crippen LogP) is 2.00. The molecule has 1 saturated heterocycles. The molecule has 1 aromatic carbocycles. The maximum atomic E-state index is 12.5. The number of carbonyl (C=O) groups excluding carboxylic acids is 1. The van der Waals surface area contributed by atoms with E-state index in [0.29, 0.717) is 23.3 Å².